The van der Waals surface area contributed by atoms with Gasteiger partial charge in [-0.15, -0.1) is 0 Å². The van der Waals surface area contributed by atoms with Gasteiger partial charge in [-0.3, -0.25) is 0 Å². The second-order valence-corrected chi connectivity index (χ2v) is 5.36. The molecule has 0 amide bonds. The van der Waals surface area contributed by atoms with Crippen molar-refractivity contribution in [3.63, 3.8) is 0 Å². The van der Waals surface area contributed by atoms with Gasteiger partial charge in [0, 0.05) is 9.13 Å². The Morgan fingerprint density at radius 1 is 1.29 bits per heavy atom. The van der Waals surface area contributed by atoms with Gasteiger partial charge >= 0.3 is 0 Å². The van der Waals surface area contributed by atoms with Crippen molar-refractivity contribution in [2.24, 2.45) is 0 Å². The predicted molar refractivity (Wildman–Crippen MR) is 72.4 cm³/mol. The predicted octanol–water partition coefficient (Wildman–Crippen LogP) is 2.77. The SMILES string of the molecule is Ic1ccc(-c2noc(C3CCCN3)n2)cc1. The van der Waals surface area contributed by atoms with Gasteiger partial charge in [0.1, 0.15) is 0 Å². The fourth-order valence-electron chi connectivity index (χ4n) is 1.99. The number of hydrogen-bond donors (Lipinski definition) is 1. The molecule has 17 heavy (non-hydrogen) atoms. The third kappa shape index (κ3) is 2.35. The molecule has 1 atom stereocenters. The van der Waals surface area contributed by atoms with Gasteiger partial charge < -0.3 is 9.84 Å². The average molecular weight is 341 g/mol. The van der Waals surface area contributed by atoms with Gasteiger partial charge in [-0.1, -0.05) is 17.3 Å². The molecule has 1 N–H and O–H groups in total. The van der Waals surface area contributed by atoms with Gasteiger partial charge in [-0.25, -0.2) is 0 Å². The van der Waals surface area contributed by atoms with E-state index >= 15 is 0 Å². The summed E-state index contributed by atoms with van der Waals surface area (Å²) in [4.78, 5) is 4.45. The molecule has 1 aromatic carbocycles. The van der Waals surface area contributed by atoms with Crippen molar-refractivity contribution in [3.05, 3.63) is 33.7 Å². The fourth-order valence-corrected chi connectivity index (χ4v) is 2.35. The van der Waals surface area contributed by atoms with Gasteiger partial charge in [0.2, 0.25) is 11.7 Å². The molecule has 0 saturated carbocycles. The first kappa shape index (κ1) is 11.2. The van der Waals surface area contributed by atoms with Crippen LogP contribution in [-0.2, 0) is 0 Å². The second-order valence-electron chi connectivity index (χ2n) is 4.11. The summed E-state index contributed by atoms with van der Waals surface area (Å²) in [5.74, 6) is 1.38. The standard InChI is InChI=1S/C12H12IN3O/c13-9-5-3-8(4-6-9)11-15-12(17-16-11)10-2-1-7-14-10/h3-6,10,14H,1-2,7H2. The van der Waals surface area contributed by atoms with Crippen molar-refractivity contribution >= 4 is 22.6 Å². The van der Waals surface area contributed by atoms with E-state index in [1.807, 2.05) is 24.3 Å². The Balaban J connectivity index is 1.86. The van der Waals surface area contributed by atoms with Crippen LogP contribution in [0.3, 0.4) is 0 Å². The van der Waals surface area contributed by atoms with Crippen molar-refractivity contribution < 1.29 is 4.52 Å². The molecule has 1 saturated heterocycles. The summed E-state index contributed by atoms with van der Waals surface area (Å²) < 4.78 is 6.51. The highest BCUT2D eigenvalue weighted by atomic mass is 127. The van der Waals surface area contributed by atoms with Crippen molar-refractivity contribution in [1.29, 1.82) is 0 Å². The van der Waals surface area contributed by atoms with Crippen LogP contribution in [0.1, 0.15) is 24.8 Å². The van der Waals surface area contributed by atoms with Crippen LogP contribution in [-0.4, -0.2) is 16.7 Å². The van der Waals surface area contributed by atoms with Crippen LogP contribution < -0.4 is 5.32 Å². The van der Waals surface area contributed by atoms with E-state index in [0.717, 1.165) is 18.5 Å². The Morgan fingerprint density at radius 2 is 2.12 bits per heavy atom. The average Bonchev–Trinajstić information content (AvgIpc) is 3.00. The molecule has 2 aromatic rings. The first-order valence-corrected chi connectivity index (χ1v) is 6.74. The molecule has 1 aliphatic heterocycles. The quantitative estimate of drug-likeness (QED) is 0.854. The zero-order chi connectivity index (χ0) is 11.7. The van der Waals surface area contributed by atoms with E-state index in [0.29, 0.717) is 11.7 Å². The lowest BCUT2D eigenvalue weighted by molar-refractivity contribution is 0.345. The molecule has 0 spiro atoms. The molecule has 0 radical (unpaired) electrons. The summed E-state index contributed by atoms with van der Waals surface area (Å²) >= 11 is 2.28. The summed E-state index contributed by atoms with van der Waals surface area (Å²) in [6, 6.07) is 8.34. The van der Waals surface area contributed by atoms with Crippen molar-refractivity contribution in [2.75, 3.05) is 6.54 Å². The van der Waals surface area contributed by atoms with Crippen LogP contribution in [0, 0.1) is 3.57 Å². The first-order valence-electron chi connectivity index (χ1n) is 5.66. The molecule has 0 bridgehead atoms. The Morgan fingerprint density at radius 3 is 2.82 bits per heavy atom. The summed E-state index contributed by atoms with van der Waals surface area (Å²) in [6.45, 7) is 1.03. The van der Waals surface area contributed by atoms with Crippen LogP contribution in [0.4, 0.5) is 0 Å². The van der Waals surface area contributed by atoms with E-state index in [1.54, 1.807) is 0 Å². The molecular formula is C12H12IN3O. The summed E-state index contributed by atoms with van der Waals surface area (Å²) in [5, 5.41) is 7.38. The number of aromatic nitrogens is 2. The highest BCUT2D eigenvalue weighted by molar-refractivity contribution is 14.1. The van der Waals surface area contributed by atoms with Gasteiger partial charge in [-0.2, -0.15) is 4.98 Å². The maximum absolute atomic E-state index is 5.31. The zero-order valence-electron chi connectivity index (χ0n) is 9.19. The highest BCUT2D eigenvalue weighted by Crippen LogP contribution is 2.24. The van der Waals surface area contributed by atoms with Crippen molar-refractivity contribution in [1.82, 2.24) is 15.5 Å². The molecule has 2 heterocycles. The largest absolute Gasteiger partial charge is 0.337 e. The number of halogens is 1. The number of benzene rings is 1. The molecule has 5 heteroatoms. The van der Waals surface area contributed by atoms with Crippen LogP contribution >= 0.6 is 22.6 Å². The van der Waals surface area contributed by atoms with Gasteiger partial charge in [0.25, 0.3) is 0 Å². The first-order chi connectivity index (χ1) is 8.33. The summed E-state index contributed by atoms with van der Waals surface area (Å²) in [6.07, 6.45) is 2.25. The highest BCUT2D eigenvalue weighted by Gasteiger charge is 2.22. The summed E-state index contributed by atoms with van der Waals surface area (Å²) in [7, 11) is 0. The Hall–Kier alpha value is -0.950. The molecule has 1 fully saturated rings. The number of hydrogen-bond acceptors (Lipinski definition) is 4. The molecule has 1 aromatic heterocycles. The van der Waals surface area contributed by atoms with E-state index < -0.39 is 0 Å². The van der Waals surface area contributed by atoms with E-state index in [9.17, 15) is 0 Å². The Kier molecular flexibility index (Phi) is 3.11. The van der Waals surface area contributed by atoms with Gasteiger partial charge in [0.05, 0.1) is 6.04 Å². The zero-order valence-corrected chi connectivity index (χ0v) is 11.3. The number of rotatable bonds is 2. The van der Waals surface area contributed by atoms with Crippen LogP contribution in [0.5, 0.6) is 0 Å². The lowest BCUT2D eigenvalue weighted by Crippen LogP contribution is -2.12. The molecule has 0 aliphatic carbocycles. The minimum atomic E-state index is 0.236. The van der Waals surface area contributed by atoms with E-state index in [1.165, 1.54) is 9.99 Å². The molecule has 1 unspecified atom stereocenters. The molecule has 4 nitrogen and oxygen atoms in total. The minimum absolute atomic E-state index is 0.236. The smallest absolute Gasteiger partial charge is 0.244 e. The van der Waals surface area contributed by atoms with Crippen LogP contribution in [0.15, 0.2) is 28.8 Å². The third-order valence-corrected chi connectivity index (χ3v) is 3.62. The lowest BCUT2D eigenvalue weighted by atomic mass is 10.2. The molecular weight excluding hydrogens is 329 g/mol. The topological polar surface area (TPSA) is 51.0 Å². The van der Waals surface area contributed by atoms with E-state index in [-0.39, 0.29) is 6.04 Å². The van der Waals surface area contributed by atoms with E-state index in [2.05, 4.69) is 38.0 Å². The number of nitrogens with zero attached hydrogens (tertiary/aromatic N) is 2. The van der Waals surface area contributed by atoms with Crippen LogP contribution in [0.2, 0.25) is 0 Å². The Labute approximate surface area is 113 Å². The lowest BCUT2D eigenvalue weighted by Gasteiger charge is -2.01. The monoisotopic (exact) mass is 341 g/mol. The van der Waals surface area contributed by atoms with Crippen LogP contribution in [0.25, 0.3) is 11.4 Å². The minimum Gasteiger partial charge on any atom is -0.337 e. The number of nitrogens with one attached hydrogen (secondary N) is 1. The van der Waals surface area contributed by atoms with Crippen molar-refractivity contribution in [3.8, 4) is 11.4 Å². The van der Waals surface area contributed by atoms with Crippen molar-refractivity contribution in [2.45, 2.75) is 18.9 Å². The maximum Gasteiger partial charge on any atom is 0.244 e. The second kappa shape index (κ2) is 4.73. The molecule has 3 rings (SSSR count). The third-order valence-electron chi connectivity index (χ3n) is 2.90. The molecule has 88 valence electrons. The maximum atomic E-state index is 5.31. The summed E-state index contributed by atoms with van der Waals surface area (Å²) in [5.41, 5.74) is 0.999. The van der Waals surface area contributed by atoms with Gasteiger partial charge in [-0.05, 0) is 54.1 Å². The molecule has 1 aliphatic rings. The fraction of sp³-hybridized carbons (Fsp3) is 0.333. The Bertz CT molecular complexity index is 503. The van der Waals surface area contributed by atoms with Gasteiger partial charge in [0.15, 0.2) is 0 Å². The van der Waals surface area contributed by atoms with E-state index in [4.69, 9.17) is 4.52 Å². The normalized spacial score (nSPS) is 19.7.